The van der Waals surface area contributed by atoms with Crippen molar-refractivity contribution in [3.05, 3.63) is 65.0 Å². The van der Waals surface area contributed by atoms with Gasteiger partial charge in [0.25, 0.3) is 0 Å². The van der Waals surface area contributed by atoms with E-state index < -0.39 is 17.5 Å². The van der Waals surface area contributed by atoms with Crippen LogP contribution in [0.15, 0.2) is 46.6 Å². The van der Waals surface area contributed by atoms with Crippen molar-refractivity contribution in [1.29, 1.82) is 0 Å². The number of benzene rings is 2. The van der Waals surface area contributed by atoms with Crippen LogP contribution in [0.2, 0.25) is 0 Å². The van der Waals surface area contributed by atoms with E-state index in [1.165, 1.54) is 30.1 Å². The summed E-state index contributed by atoms with van der Waals surface area (Å²) in [7, 11) is 0. The quantitative estimate of drug-likeness (QED) is 0.641. The Hall–Kier alpha value is -2.81. The number of hydrogen-bond donors (Lipinski definition) is 1. The van der Waals surface area contributed by atoms with Crippen LogP contribution in [0, 0.1) is 17.5 Å². The van der Waals surface area contributed by atoms with Crippen LogP contribution in [0.25, 0.3) is 0 Å². The summed E-state index contributed by atoms with van der Waals surface area (Å²) in [6.45, 7) is -0.153. The largest absolute Gasteiger partial charge is 0.488 e. The molecule has 0 spiro atoms. The molecule has 2 aromatic carbocycles. The van der Waals surface area contributed by atoms with E-state index in [0.717, 1.165) is 24.3 Å². The molecule has 1 amide bonds. The third-order valence-corrected chi connectivity index (χ3v) is 4.09. The zero-order valence-electron chi connectivity index (χ0n) is 13.2. The molecular formula is C17H12F3N3O2S. The van der Waals surface area contributed by atoms with Gasteiger partial charge < -0.3 is 10.1 Å². The summed E-state index contributed by atoms with van der Waals surface area (Å²) in [4.78, 5) is 11.1. The smallest absolute Gasteiger partial charge is 0.236 e. The van der Waals surface area contributed by atoms with E-state index >= 15 is 0 Å². The number of carbonyl (C=O) groups excluding carboxylic acids is 1. The van der Waals surface area contributed by atoms with Crippen LogP contribution in [0.1, 0.15) is 11.1 Å². The first kappa shape index (κ1) is 18.0. The first-order valence-corrected chi connectivity index (χ1v) is 8.39. The first-order valence-electron chi connectivity index (χ1n) is 7.40. The molecule has 0 bridgehead atoms. The molecule has 1 saturated heterocycles. The minimum atomic E-state index is -0.725. The van der Waals surface area contributed by atoms with Gasteiger partial charge in [0, 0.05) is 17.7 Å². The van der Waals surface area contributed by atoms with Crippen LogP contribution in [0.3, 0.4) is 0 Å². The Morgan fingerprint density at radius 1 is 1.12 bits per heavy atom. The lowest BCUT2D eigenvalue weighted by Crippen LogP contribution is -2.19. The highest BCUT2D eigenvalue weighted by atomic mass is 32.2. The predicted molar refractivity (Wildman–Crippen MR) is 92.7 cm³/mol. The van der Waals surface area contributed by atoms with Gasteiger partial charge in [0.2, 0.25) is 5.91 Å². The number of carbonyl (C=O) groups is 1. The van der Waals surface area contributed by atoms with Crippen LogP contribution in [-0.4, -0.2) is 23.0 Å². The molecule has 1 aliphatic rings. The Balaban J connectivity index is 1.74. The lowest BCUT2D eigenvalue weighted by molar-refractivity contribution is -0.116. The van der Waals surface area contributed by atoms with Gasteiger partial charge in [-0.15, -0.1) is 5.10 Å². The summed E-state index contributed by atoms with van der Waals surface area (Å²) in [5.74, 6) is -1.72. The average Bonchev–Trinajstić information content (AvgIpc) is 2.99. The Labute approximate surface area is 151 Å². The lowest BCUT2D eigenvalue weighted by atomic mass is 10.2. The molecule has 0 atom stereocenters. The highest BCUT2D eigenvalue weighted by molar-refractivity contribution is 8.15. The molecule has 1 aliphatic heterocycles. The van der Waals surface area contributed by atoms with Gasteiger partial charge in [-0.3, -0.25) is 4.79 Å². The maximum atomic E-state index is 13.5. The SMILES string of the molecule is O=C1CSC(=NN=Cc2ccc(F)cc2OCc2cc(F)cc(F)c2)N1. The maximum Gasteiger partial charge on any atom is 0.236 e. The molecule has 1 heterocycles. The van der Waals surface area contributed by atoms with Crippen LogP contribution in [0.5, 0.6) is 5.75 Å². The first-order chi connectivity index (χ1) is 12.5. The van der Waals surface area contributed by atoms with Crippen LogP contribution in [0.4, 0.5) is 13.2 Å². The molecule has 0 saturated carbocycles. The number of thioether (sulfide) groups is 1. The van der Waals surface area contributed by atoms with Crippen molar-refractivity contribution >= 4 is 29.1 Å². The number of hydrogen-bond acceptors (Lipinski definition) is 5. The molecule has 0 aromatic heterocycles. The molecule has 2 aromatic rings. The van der Waals surface area contributed by atoms with Crippen molar-refractivity contribution < 1.29 is 22.7 Å². The van der Waals surface area contributed by atoms with Gasteiger partial charge in [-0.25, -0.2) is 13.2 Å². The molecule has 1 fully saturated rings. The summed E-state index contributed by atoms with van der Waals surface area (Å²) >= 11 is 1.22. The number of ether oxygens (including phenoxy) is 1. The Morgan fingerprint density at radius 2 is 1.88 bits per heavy atom. The van der Waals surface area contributed by atoms with E-state index in [-0.39, 0.29) is 29.6 Å². The molecule has 0 radical (unpaired) electrons. The summed E-state index contributed by atoms with van der Waals surface area (Å²) in [6, 6.07) is 6.79. The fourth-order valence-corrected chi connectivity index (χ4v) is 2.75. The van der Waals surface area contributed by atoms with Crippen molar-refractivity contribution in [3.63, 3.8) is 0 Å². The average molecular weight is 379 g/mol. The Morgan fingerprint density at radius 3 is 2.58 bits per heavy atom. The van der Waals surface area contributed by atoms with E-state index in [2.05, 4.69) is 15.5 Å². The summed E-state index contributed by atoms with van der Waals surface area (Å²) in [5, 5.41) is 10.6. The standard InChI is InChI=1S/C17H12F3N3O2S/c18-12-2-1-11(7-21-23-17-22-16(24)9-26-17)15(6-12)25-8-10-3-13(19)5-14(20)4-10/h1-7H,8-9H2,(H,22,23,24). The van der Waals surface area contributed by atoms with Gasteiger partial charge in [-0.1, -0.05) is 11.8 Å². The maximum absolute atomic E-state index is 13.5. The molecule has 0 aliphatic carbocycles. The van der Waals surface area contributed by atoms with Crippen LogP contribution >= 0.6 is 11.8 Å². The molecule has 3 rings (SSSR count). The van der Waals surface area contributed by atoms with Crippen molar-refractivity contribution in [2.45, 2.75) is 6.61 Å². The van der Waals surface area contributed by atoms with Gasteiger partial charge in [0.05, 0.1) is 12.0 Å². The second-order valence-corrected chi connectivity index (χ2v) is 6.20. The second-order valence-electron chi connectivity index (χ2n) is 5.24. The fraction of sp³-hybridized carbons (Fsp3) is 0.118. The minimum absolute atomic E-state index is 0.140. The Kier molecular flexibility index (Phi) is 5.57. The molecule has 5 nitrogen and oxygen atoms in total. The van der Waals surface area contributed by atoms with Gasteiger partial charge in [0.1, 0.15) is 29.8 Å². The van der Waals surface area contributed by atoms with E-state index in [4.69, 9.17) is 4.74 Å². The number of nitrogens with one attached hydrogen (secondary N) is 1. The minimum Gasteiger partial charge on any atom is -0.488 e. The highest BCUT2D eigenvalue weighted by Gasteiger charge is 2.16. The van der Waals surface area contributed by atoms with E-state index in [0.29, 0.717) is 10.7 Å². The zero-order chi connectivity index (χ0) is 18.5. The normalized spacial score (nSPS) is 15.7. The summed E-state index contributed by atoms with van der Waals surface area (Å²) in [6.07, 6.45) is 1.33. The van der Waals surface area contributed by atoms with Crippen molar-refractivity contribution in [2.75, 3.05) is 5.75 Å². The molecule has 134 valence electrons. The van der Waals surface area contributed by atoms with Crippen molar-refractivity contribution in [2.24, 2.45) is 10.2 Å². The monoisotopic (exact) mass is 379 g/mol. The Bertz CT molecular complexity index is 883. The number of amides is 1. The molecule has 26 heavy (non-hydrogen) atoms. The zero-order valence-corrected chi connectivity index (χ0v) is 14.0. The molecule has 9 heteroatoms. The highest BCUT2D eigenvalue weighted by Crippen LogP contribution is 2.20. The summed E-state index contributed by atoms with van der Waals surface area (Å²) in [5.41, 5.74) is 0.682. The van der Waals surface area contributed by atoms with Gasteiger partial charge in [-0.2, -0.15) is 5.10 Å². The van der Waals surface area contributed by atoms with Crippen LogP contribution in [-0.2, 0) is 11.4 Å². The van der Waals surface area contributed by atoms with E-state index in [1.54, 1.807) is 0 Å². The fourth-order valence-electron chi connectivity index (χ4n) is 2.12. The second kappa shape index (κ2) is 8.05. The van der Waals surface area contributed by atoms with Crippen molar-refractivity contribution in [3.8, 4) is 5.75 Å². The number of amidine groups is 1. The van der Waals surface area contributed by atoms with Crippen molar-refractivity contribution in [1.82, 2.24) is 5.32 Å². The van der Waals surface area contributed by atoms with E-state index in [1.807, 2.05) is 0 Å². The molecule has 1 N–H and O–H groups in total. The van der Waals surface area contributed by atoms with Gasteiger partial charge in [0.15, 0.2) is 5.17 Å². The van der Waals surface area contributed by atoms with Gasteiger partial charge in [-0.05, 0) is 29.8 Å². The predicted octanol–water partition coefficient (Wildman–Crippen LogP) is 3.24. The number of nitrogens with zero attached hydrogens (tertiary/aromatic N) is 2. The molecule has 0 unspecified atom stereocenters. The van der Waals surface area contributed by atoms with E-state index in [9.17, 15) is 18.0 Å². The van der Waals surface area contributed by atoms with Gasteiger partial charge >= 0.3 is 0 Å². The molecular weight excluding hydrogens is 367 g/mol. The number of halogens is 3. The summed E-state index contributed by atoms with van der Waals surface area (Å²) < 4.78 is 45.4. The van der Waals surface area contributed by atoms with Crippen LogP contribution < -0.4 is 10.1 Å². The topological polar surface area (TPSA) is 63.0 Å². The lowest BCUT2D eigenvalue weighted by Gasteiger charge is -2.09. The number of rotatable bonds is 5. The third kappa shape index (κ3) is 4.85. The third-order valence-electron chi connectivity index (χ3n) is 3.22.